The molecule has 17 heavy (non-hydrogen) atoms. The molecule has 0 saturated heterocycles. The zero-order chi connectivity index (χ0) is 12.8. The van der Waals surface area contributed by atoms with E-state index in [0.29, 0.717) is 11.6 Å². The summed E-state index contributed by atoms with van der Waals surface area (Å²) in [6.45, 7) is 6.32. The minimum absolute atomic E-state index is 0.434. The molecule has 0 fully saturated rings. The second-order valence-corrected chi connectivity index (χ2v) is 4.44. The molecule has 0 atom stereocenters. The van der Waals surface area contributed by atoms with Crippen LogP contribution in [0.25, 0.3) is 0 Å². The maximum atomic E-state index is 5.73. The number of nitrogens with zero attached hydrogens (tertiary/aromatic N) is 1. The third kappa shape index (κ3) is 3.98. The van der Waals surface area contributed by atoms with E-state index in [1.807, 2.05) is 26.1 Å². The van der Waals surface area contributed by atoms with Crippen LogP contribution in [0.15, 0.2) is 18.2 Å². The van der Waals surface area contributed by atoms with Gasteiger partial charge in [0, 0.05) is 31.5 Å². The molecule has 1 aromatic carbocycles. The molecule has 4 heteroatoms. The van der Waals surface area contributed by atoms with Gasteiger partial charge >= 0.3 is 0 Å². The van der Waals surface area contributed by atoms with Crippen LogP contribution in [0.5, 0.6) is 0 Å². The van der Waals surface area contributed by atoms with Crippen molar-refractivity contribution in [3.8, 4) is 0 Å². The highest BCUT2D eigenvalue weighted by Crippen LogP contribution is 2.21. The van der Waals surface area contributed by atoms with E-state index in [9.17, 15) is 0 Å². The molecule has 0 aliphatic carbocycles. The number of hydrogen-bond acceptors (Lipinski definition) is 3. The van der Waals surface area contributed by atoms with Crippen molar-refractivity contribution in [2.24, 2.45) is 5.73 Å². The molecule has 0 unspecified atom stereocenters. The van der Waals surface area contributed by atoms with Crippen LogP contribution in [-0.2, 0) is 4.74 Å². The van der Waals surface area contributed by atoms with Gasteiger partial charge in [-0.1, -0.05) is 18.3 Å². The Morgan fingerprint density at radius 2 is 2.18 bits per heavy atom. The van der Waals surface area contributed by atoms with Crippen molar-refractivity contribution in [3.05, 3.63) is 29.3 Å². The second-order valence-electron chi connectivity index (χ2n) is 4.00. The summed E-state index contributed by atoms with van der Waals surface area (Å²) < 4.78 is 5.35. The van der Waals surface area contributed by atoms with Gasteiger partial charge in [-0.05, 0) is 31.5 Å². The molecule has 0 aromatic heterocycles. The lowest BCUT2D eigenvalue weighted by Gasteiger charge is -2.22. The van der Waals surface area contributed by atoms with Crippen LogP contribution in [0.1, 0.15) is 18.1 Å². The SMILES string of the molecule is CCOCCN(C)c1cc(C)ccc1C(N)=S. The van der Waals surface area contributed by atoms with Gasteiger partial charge in [0.05, 0.1) is 6.61 Å². The Bertz CT molecular complexity index is 393. The molecule has 3 nitrogen and oxygen atoms in total. The van der Waals surface area contributed by atoms with Crippen LogP contribution in [0.3, 0.4) is 0 Å². The van der Waals surface area contributed by atoms with E-state index in [1.54, 1.807) is 0 Å². The highest BCUT2D eigenvalue weighted by Gasteiger charge is 2.09. The molecule has 0 bridgehead atoms. The van der Waals surface area contributed by atoms with Crippen LogP contribution < -0.4 is 10.6 Å². The van der Waals surface area contributed by atoms with E-state index in [-0.39, 0.29) is 0 Å². The highest BCUT2D eigenvalue weighted by atomic mass is 32.1. The van der Waals surface area contributed by atoms with Crippen molar-refractivity contribution in [1.29, 1.82) is 0 Å². The molecule has 0 heterocycles. The first-order valence-electron chi connectivity index (χ1n) is 5.75. The van der Waals surface area contributed by atoms with E-state index in [1.165, 1.54) is 5.56 Å². The molecular weight excluding hydrogens is 232 g/mol. The first kappa shape index (κ1) is 13.9. The van der Waals surface area contributed by atoms with E-state index in [4.69, 9.17) is 22.7 Å². The van der Waals surface area contributed by atoms with Crippen molar-refractivity contribution in [3.63, 3.8) is 0 Å². The fourth-order valence-electron chi connectivity index (χ4n) is 1.63. The number of nitrogens with two attached hydrogens (primary N) is 1. The molecule has 2 N–H and O–H groups in total. The Balaban J connectivity index is 2.86. The summed E-state index contributed by atoms with van der Waals surface area (Å²) in [5.74, 6) is 0. The Hall–Kier alpha value is -1.13. The zero-order valence-corrected chi connectivity index (χ0v) is 11.5. The molecule has 0 aliphatic heterocycles. The summed E-state index contributed by atoms with van der Waals surface area (Å²) in [7, 11) is 2.02. The lowest BCUT2D eigenvalue weighted by atomic mass is 10.1. The van der Waals surface area contributed by atoms with Gasteiger partial charge in [0.1, 0.15) is 4.99 Å². The van der Waals surface area contributed by atoms with Crippen LogP contribution in [0, 0.1) is 6.92 Å². The maximum Gasteiger partial charge on any atom is 0.106 e. The molecule has 0 saturated carbocycles. The Labute approximate surface area is 109 Å². The Kier molecular flexibility index (Phi) is 5.38. The smallest absolute Gasteiger partial charge is 0.106 e. The number of aryl methyl sites for hydroxylation is 1. The van der Waals surface area contributed by atoms with E-state index in [0.717, 1.165) is 24.4 Å². The monoisotopic (exact) mass is 252 g/mol. The predicted octanol–water partition coefficient (Wildman–Crippen LogP) is 2.10. The number of benzene rings is 1. The fraction of sp³-hybridized carbons (Fsp3) is 0.462. The quantitative estimate of drug-likeness (QED) is 0.621. The van der Waals surface area contributed by atoms with Gasteiger partial charge in [0.25, 0.3) is 0 Å². The van der Waals surface area contributed by atoms with Crippen LogP contribution in [0.2, 0.25) is 0 Å². The highest BCUT2D eigenvalue weighted by molar-refractivity contribution is 7.80. The third-order valence-corrected chi connectivity index (χ3v) is 2.83. The summed E-state index contributed by atoms with van der Waals surface area (Å²) in [6.07, 6.45) is 0. The molecule has 1 rings (SSSR count). The minimum atomic E-state index is 0.434. The summed E-state index contributed by atoms with van der Waals surface area (Å²) in [4.78, 5) is 2.56. The molecule has 0 spiro atoms. The maximum absolute atomic E-state index is 5.73. The number of anilines is 1. The van der Waals surface area contributed by atoms with Gasteiger partial charge in [0.15, 0.2) is 0 Å². The van der Waals surface area contributed by atoms with E-state index >= 15 is 0 Å². The number of ether oxygens (including phenoxy) is 1. The molecule has 1 aromatic rings. The molecule has 94 valence electrons. The van der Waals surface area contributed by atoms with Crippen molar-refractivity contribution in [1.82, 2.24) is 0 Å². The van der Waals surface area contributed by atoms with Crippen LogP contribution in [-0.4, -0.2) is 31.8 Å². The minimum Gasteiger partial charge on any atom is -0.389 e. The van der Waals surface area contributed by atoms with E-state index in [2.05, 4.69) is 17.9 Å². The average molecular weight is 252 g/mol. The number of thiocarbonyl (C=S) groups is 1. The molecule has 0 amide bonds. The Morgan fingerprint density at radius 3 is 2.76 bits per heavy atom. The van der Waals surface area contributed by atoms with Gasteiger partial charge in [-0.25, -0.2) is 0 Å². The van der Waals surface area contributed by atoms with Gasteiger partial charge in [0.2, 0.25) is 0 Å². The first-order valence-corrected chi connectivity index (χ1v) is 6.16. The van der Waals surface area contributed by atoms with Gasteiger partial charge in [-0.15, -0.1) is 0 Å². The summed E-state index contributed by atoms with van der Waals surface area (Å²) in [5, 5.41) is 0. The fourth-order valence-corrected chi connectivity index (χ4v) is 1.80. The van der Waals surface area contributed by atoms with Gasteiger partial charge in [-0.3, -0.25) is 0 Å². The normalized spacial score (nSPS) is 10.3. The third-order valence-electron chi connectivity index (χ3n) is 2.61. The van der Waals surface area contributed by atoms with E-state index < -0.39 is 0 Å². The Morgan fingerprint density at radius 1 is 1.47 bits per heavy atom. The molecule has 0 radical (unpaired) electrons. The van der Waals surface area contributed by atoms with Crippen molar-refractivity contribution >= 4 is 22.9 Å². The van der Waals surface area contributed by atoms with Crippen molar-refractivity contribution in [2.45, 2.75) is 13.8 Å². The second kappa shape index (κ2) is 6.57. The number of likely N-dealkylation sites (N-methyl/N-ethyl adjacent to an activating group) is 1. The zero-order valence-electron chi connectivity index (χ0n) is 10.7. The molecular formula is C13H20N2OS. The summed E-state index contributed by atoms with van der Waals surface area (Å²) in [6, 6.07) is 6.10. The van der Waals surface area contributed by atoms with Crippen LogP contribution in [0.4, 0.5) is 5.69 Å². The van der Waals surface area contributed by atoms with Crippen molar-refractivity contribution < 1.29 is 4.74 Å². The average Bonchev–Trinajstić information content (AvgIpc) is 2.28. The predicted molar refractivity (Wildman–Crippen MR) is 76.8 cm³/mol. The largest absolute Gasteiger partial charge is 0.389 e. The summed E-state index contributed by atoms with van der Waals surface area (Å²) in [5.41, 5.74) is 8.92. The van der Waals surface area contributed by atoms with Gasteiger partial charge < -0.3 is 15.4 Å². The lowest BCUT2D eigenvalue weighted by molar-refractivity contribution is 0.154. The topological polar surface area (TPSA) is 38.5 Å². The van der Waals surface area contributed by atoms with Crippen molar-refractivity contribution in [2.75, 3.05) is 31.7 Å². The molecule has 0 aliphatic rings. The van der Waals surface area contributed by atoms with Crippen LogP contribution >= 0.6 is 12.2 Å². The first-order chi connectivity index (χ1) is 8.06. The number of hydrogen-bond donors (Lipinski definition) is 1. The number of rotatable bonds is 6. The summed E-state index contributed by atoms with van der Waals surface area (Å²) >= 11 is 5.07. The standard InChI is InChI=1S/C13H20N2OS/c1-4-16-8-7-15(3)12-9-10(2)5-6-11(12)13(14)17/h5-6,9H,4,7-8H2,1-3H3,(H2,14,17). The lowest BCUT2D eigenvalue weighted by Crippen LogP contribution is -2.25. The van der Waals surface area contributed by atoms with Gasteiger partial charge in [-0.2, -0.15) is 0 Å².